The third-order valence-corrected chi connectivity index (χ3v) is 9.28. The largest absolute Gasteiger partial charge is 0.416 e. The first-order chi connectivity index (χ1) is 19.6. The van der Waals surface area contributed by atoms with E-state index in [1.807, 2.05) is 12.1 Å². The highest BCUT2D eigenvalue weighted by Crippen LogP contribution is 2.51. The number of rotatable bonds is 8. The predicted molar refractivity (Wildman–Crippen MR) is 154 cm³/mol. The molecule has 1 aliphatic heterocycles. The van der Waals surface area contributed by atoms with Crippen LogP contribution in [0.25, 0.3) is 0 Å². The lowest BCUT2D eigenvalue weighted by atomic mass is 9.81. The van der Waals surface area contributed by atoms with E-state index in [4.69, 9.17) is 0 Å². The molecule has 0 radical (unpaired) electrons. The second-order valence-corrected chi connectivity index (χ2v) is 12.0. The number of para-hydroxylation sites is 1. The van der Waals surface area contributed by atoms with E-state index in [-0.39, 0.29) is 24.2 Å². The first kappa shape index (κ1) is 29.2. The zero-order valence-corrected chi connectivity index (χ0v) is 23.5. The average Bonchev–Trinajstić information content (AvgIpc) is 3.51. The molecule has 1 heterocycles. The molecule has 1 saturated heterocycles. The van der Waals surface area contributed by atoms with Gasteiger partial charge in [-0.15, -0.1) is 0 Å². The monoisotopic (exact) mass is 568 g/mol. The number of amides is 3. The van der Waals surface area contributed by atoms with Crippen molar-refractivity contribution in [1.82, 2.24) is 9.80 Å². The Morgan fingerprint density at radius 2 is 1.80 bits per heavy atom. The fraction of sp³-hybridized carbons (Fsp3) is 0.500. The number of likely N-dealkylation sites (tertiary alicyclic amines) is 1. The number of nitrogens with one attached hydrogen (secondary N) is 2. The summed E-state index contributed by atoms with van der Waals surface area (Å²) in [7, 11) is 0. The summed E-state index contributed by atoms with van der Waals surface area (Å²) in [5.74, 6) is 2.92. The minimum atomic E-state index is -4.51. The second-order valence-electron chi connectivity index (χ2n) is 12.0. The SMILES string of the molecule is C=CC(=O)Nc1ccccc1CN(C(=O)Nc1cccc(C(F)(F)F)c1)C1CCN(CC2CC3CC(C)C2C3)CC1. The molecule has 2 aromatic carbocycles. The molecule has 2 aliphatic carbocycles. The van der Waals surface area contributed by atoms with Gasteiger partial charge in [-0.05, 0) is 91.7 Å². The molecule has 2 bridgehead atoms. The Morgan fingerprint density at radius 1 is 1.05 bits per heavy atom. The van der Waals surface area contributed by atoms with Gasteiger partial charge in [0.05, 0.1) is 5.56 Å². The van der Waals surface area contributed by atoms with Gasteiger partial charge in [-0.25, -0.2) is 4.79 Å². The van der Waals surface area contributed by atoms with E-state index in [9.17, 15) is 22.8 Å². The summed E-state index contributed by atoms with van der Waals surface area (Å²) < 4.78 is 39.9. The molecule has 3 amide bonds. The van der Waals surface area contributed by atoms with Crippen LogP contribution >= 0.6 is 0 Å². The molecule has 0 aromatic heterocycles. The van der Waals surface area contributed by atoms with Crippen LogP contribution in [0.1, 0.15) is 50.2 Å². The maximum Gasteiger partial charge on any atom is 0.416 e. The minimum absolute atomic E-state index is 0.0888. The molecule has 6 nitrogen and oxygen atoms in total. The molecule has 2 aromatic rings. The lowest BCUT2D eigenvalue weighted by molar-refractivity contribution is -0.137. The van der Waals surface area contributed by atoms with Crippen LogP contribution in [0.2, 0.25) is 0 Å². The molecule has 9 heteroatoms. The van der Waals surface area contributed by atoms with Crippen LogP contribution in [0.15, 0.2) is 61.2 Å². The number of carbonyl (C=O) groups excluding carboxylic acids is 2. The normalized spacial score (nSPS) is 24.7. The van der Waals surface area contributed by atoms with Crippen molar-refractivity contribution in [3.8, 4) is 0 Å². The van der Waals surface area contributed by atoms with Gasteiger partial charge in [0.1, 0.15) is 0 Å². The number of fused-ring (bicyclic) bond motifs is 2. The molecule has 3 aliphatic rings. The lowest BCUT2D eigenvalue weighted by Crippen LogP contribution is -2.49. The minimum Gasteiger partial charge on any atom is -0.322 e. The van der Waals surface area contributed by atoms with Crippen molar-refractivity contribution < 1.29 is 22.8 Å². The molecule has 220 valence electrons. The fourth-order valence-electron chi connectivity index (χ4n) is 7.30. The van der Waals surface area contributed by atoms with Crippen molar-refractivity contribution in [3.63, 3.8) is 0 Å². The Labute approximate surface area is 240 Å². The van der Waals surface area contributed by atoms with E-state index in [0.717, 1.165) is 73.8 Å². The number of halogens is 3. The van der Waals surface area contributed by atoms with Crippen molar-refractivity contribution in [2.45, 2.75) is 57.8 Å². The first-order valence-electron chi connectivity index (χ1n) is 14.6. The Bertz CT molecular complexity index is 1260. The average molecular weight is 569 g/mol. The Kier molecular flexibility index (Phi) is 8.73. The maximum absolute atomic E-state index is 13.7. The van der Waals surface area contributed by atoms with Crippen LogP contribution < -0.4 is 10.6 Å². The van der Waals surface area contributed by atoms with Crippen molar-refractivity contribution in [2.24, 2.45) is 23.7 Å². The van der Waals surface area contributed by atoms with Crippen LogP contribution in [0.3, 0.4) is 0 Å². The summed E-state index contributed by atoms with van der Waals surface area (Å²) in [6, 6.07) is 11.4. The van der Waals surface area contributed by atoms with E-state index in [1.165, 1.54) is 37.5 Å². The highest BCUT2D eigenvalue weighted by molar-refractivity contribution is 5.99. The molecule has 4 atom stereocenters. The number of benzene rings is 2. The van der Waals surface area contributed by atoms with Gasteiger partial charge in [0, 0.05) is 43.6 Å². The second kappa shape index (κ2) is 12.3. The van der Waals surface area contributed by atoms with Crippen molar-refractivity contribution in [2.75, 3.05) is 30.3 Å². The lowest BCUT2D eigenvalue weighted by Gasteiger charge is -2.40. The molecular weight excluding hydrogens is 529 g/mol. The standard InChI is InChI=1S/C32H39F3N4O2/c1-3-30(40)37-29-10-5-4-7-23(29)20-39(31(41)36-26-9-6-8-25(18-26)32(33,34)35)27-11-13-38(14-12-27)19-24-16-22-15-21(2)28(24)17-22/h3-10,18,21-22,24,27-28H,1,11-17,19-20H2,2H3,(H,36,41)(H,37,40). The van der Waals surface area contributed by atoms with Gasteiger partial charge in [0.15, 0.2) is 0 Å². The topological polar surface area (TPSA) is 64.7 Å². The zero-order valence-electron chi connectivity index (χ0n) is 23.5. The number of carbonyl (C=O) groups is 2. The summed E-state index contributed by atoms with van der Waals surface area (Å²) >= 11 is 0. The highest BCUT2D eigenvalue weighted by Gasteiger charge is 2.44. The summed E-state index contributed by atoms with van der Waals surface area (Å²) in [6.07, 6.45) is 2.28. The van der Waals surface area contributed by atoms with Gasteiger partial charge < -0.3 is 20.4 Å². The van der Waals surface area contributed by atoms with E-state index in [1.54, 1.807) is 17.0 Å². The van der Waals surface area contributed by atoms with Crippen molar-refractivity contribution in [1.29, 1.82) is 0 Å². The summed E-state index contributed by atoms with van der Waals surface area (Å²) in [5.41, 5.74) is 0.575. The van der Waals surface area contributed by atoms with Gasteiger partial charge in [0.25, 0.3) is 0 Å². The van der Waals surface area contributed by atoms with E-state index < -0.39 is 17.8 Å². The third kappa shape index (κ3) is 6.94. The predicted octanol–water partition coefficient (Wildman–Crippen LogP) is 7.01. The molecule has 2 N–H and O–H groups in total. The quantitative estimate of drug-likeness (QED) is 0.337. The molecule has 5 rings (SSSR count). The van der Waals surface area contributed by atoms with Crippen LogP contribution in [0, 0.1) is 23.7 Å². The Morgan fingerprint density at radius 3 is 2.49 bits per heavy atom. The number of piperidine rings is 1. The van der Waals surface area contributed by atoms with Gasteiger partial charge in [0.2, 0.25) is 5.91 Å². The van der Waals surface area contributed by atoms with E-state index >= 15 is 0 Å². The number of nitrogens with zero attached hydrogens (tertiary/aromatic N) is 2. The van der Waals surface area contributed by atoms with Crippen molar-refractivity contribution in [3.05, 3.63) is 72.3 Å². The molecule has 2 saturated carbocycles. The summed E-state index contributed by atoms with van der Waals surface area (Å²) in [6.45, 7) is 8.94. The number of anilines is 2. The Hall–Kier alpha value is -3.33. The van der Waals surface area contributed by atoms with Crippen LogP contribution in [0.4, 0.5) is 29.3 Å². The number of hydrogen-bond acceptors (Lipinski definition) is 3. The number of alkyl halides is 3. The highest BCUT2D eigenvalue weighted by atomic mass is 19.4. The Balaban J connectivity index is 1.31. The maximum atomic E-state index is 13.7. The van der Waals surface area contributed by atoms with Gasteiger partial charge in [-0.2, -0.15) is 13.2 Å². The van der Waals surface area contributed by atoms with E-state index in [0.29, 0.717) is 5.69 Å². The number of hydrogen-bond donors (Lipinski definition) is 2. The van der Waals surface area contributed by atoms with Gasteiger partial charge in [-0.3, -0.25) is 4.79 Å². The zero-order chi connectivity index (χ0) is 29.1. The van der Waals surface area contributed by atoms with Crippen LogP contribution in [-0.2, 0) is 17.5 Å². The van der Waals surface area contributed by atoms with Gasteiger partial charge in [-0.1, -0.05) is 37.8 Å². The molecule has 4 unspecified atom stereocenters. The molecule has 3 fully saturated rings. The van der Waals surface area contributed by atoms with Crippen molar-refractivity contribution >= 4 is 23.3 Å². The van der Waals surface area contributed by atoms with Gasteiger partial charge >= 0.3 is 12.2 Å². The number of urea groups is 1. The van der Waals surface area contributed by atoms with Crippen LogP contribution in [0.5, 0.6) is 0 Å². The van der Waals surface area contributed by atoms with E-state index in [2.05, 4.69) is 29.0 Å². The van der Waals surface area contributed by atoms with Crippen LogP contribution in [-0.4, -0.2) is 47.4 Å². The molecule has 41 heavy (non-hydrogen) atoms. The molecule has 0 spiro atoms. The summed E-state index contributed by atoms with van der Waals surface area (Å²) in [4.78, 5) is 29.9. The smallest absolute Gasteiger partial charge is 0.322 e. The molecular formula is C32H39F3N4O2. The first-order valence-corrected chi connectivity index (χ1v) is 14.6. The third-order valence-electron chi connectivity index (χ3n) is 9.28. The summed E-state index contributed by atoms with van der Waals surface area (Å²) in [5, 5.41) is 5.50. The fourth-order valence-corrected chi connectivity index (χ4v) is 7.30.